The van der Waals surface area contributed by atoms with E-state index in [2.05, 4.69) is 10.3 Å². The Morgan fingerprint density at radius 3 is 2.50 bits per heavy atom. The van der Waals surface area contributed by atoms with Gasteiger partial charge in [-0.15, -0.1) is 16.2 Å². The number of hydrogen-bond acceptors (Lipinski definition) is 9. The topological polar surface area (TPSA) is 173 Å². The standard InChI is InChI=1S/C25H19N5O6S2/c1-14-6-8-16(9-7-14)38(33,34)29-28-23(31)21-20(18-5-3-11-36-18)17(13-26)22(27)30-24(32)19(37-25(21)30)12-15-4-2-10-35-15/h2-12,20,29H,27H2,1H3,(H,28,31)/b19-12-. The second-order valence-corrected chi connectivity index (χ2v) is 10.9. The molecule has 38 heavy (non-hydrogen) atoms. The largest absolute Gasteiger partial charge is 0.468 e. The number of nitrogens with one attached hydrogen (secondary N) is 2. The molecule has 192 valence electrons. The number of rotatable bonds is 6. The normalized spacial score (nSPS) is 15.8. The predicted octanol–water partition coefficient (Wildman–Crippen LogP) is 0.842. The van der Waals surface area contributed by atoms with Crippen LogP contribution >= 0.6 is 11.3 Å². The molecule has 1 aromatic carbocycles. The Hall–Kier alpha value is -4.64. The maximum atomic E-state index is 13.6. The summed E-state index contributed by atoms with van der Waals surface area (Å²) < 4.78 is 37.7. The highest BCUT2D eigenvalue weighted by Gasteiger charge is 2.37. The van der Waals surface area contributed by atoms with E-state index in [1.807, 2.05) is 13.0 Å². The fraction of sp³-hybridized carbons (Fsp3) is 0.0800. The van der Waals surface area contributed by atoms with Crippen molar-refractivity contribution in [2.45, 2.75) is 17.7 Å². The van der Waals surface area contributed by atoms with Gasteiger partial charge in [-0.3, -0.25) is 19.6 Å². The number of allylic oxidation sites excluding steroid dienone is 1. The lowest BCUT2D eigenvalue weighted by Crippen LogP contribution is -2.46. The van der Waals surface area contributed by atoms with Crippen molar-refractivity contribution in [1.29, 1.82) is 5.26 Å². The highest BCUT2D eigenvalue weighted by Crippen LogP contribution is 2.36. The number of furan rings is 2. The van der Waals surface area contributed by atoms with E-state index in [1.54, 1.807) is 36.4 Å². The van der Waals surface area contributed by atoms with Crippen molar-refractivity contribution >= 4 is 44.7 Å². The highest BCUT2D eigenvalue weighted by molar-refractivity contribution is 7.89. The first-order valence-corrected chi connectivity index (χ1v) is 13.3. The van der Waals surface area contributed by atoms with Gasteiger partial charge in [0.2, 0.25) is 0 Å². The van der Waals surface area contributed by atoms with Gasteiger partial charge in [0, 0.05) is 6.08 Å². The zero-order valence-electron chi connectivity index (χ0n) is 19.7. The van der Waals surface area contributed by atoms with Crippen LogP contribution in [0.25, 0.3) is 17.5 Å². The van der Waals surface area contributed by atoms with Gasteiger partial charge < -0.3 is 14.6 Å². The molecule has 0 saturated heterocycles. The van der Waals surface area contributed by atoms with Gasteiger partial charge in [-0.2, -0.15) is 5.26 Å². The number of nitrogens with zero attached hydrogens (tertiary/aromatic N) is 2. The monoisotopic (exact) mass is 549 g/mol. The van der Waals surface area contributed by atoms with E-state index in [-0.39, 0.29) is 36.8 Å². The number of sulfonamides is 1. The fourth-order valence-corrected chi connectivity index (χ4v) is 5.96. The molecule has 1 amide bonds. The number of hydrazine groups is 1. The van der Waals surface area contributed by atoms with Crippen LogP contribution in [-0.4, -0.2) is 18.9 Å². The van der Waals surface area contributed by atoms with Crippen molar-refractivity contribution in [2.24, 2.45) is 5.73 Å². The summed E-state index contributed by atoms with van der Waals surface area (Å²) in [4.78, 5) is 28.9. The molecule has 1 aliphatic heterocycles. The lowest BCUT2D eigenvalue weighted by atomic mass is 9.87. The van der Waals surface area contributed by atoms with Crippen LogP contribution in [0.3, 0.4) is 0 Å². The second kappa shape index (κ2) is 9.67. The molecule has 0 fully saturated rings. The smallest absolute Gasteiger partial charge is 0.274 e. The van der Waals surface area contributed by atoms with Gasteiger partial charge in [0.05, 0.1) is 45.1 Å². The van der Waals surface area contributed by atoms with E-state index < -0.39 is 27.4 Å². The molecule has 4 aromatic rings. The van der Waals surface area contributed by atoms with Crippen LogP contribution in [0.5, 0.6) is 0 Å². The summed E-state index contributed by atoms with van der Waals surface area (Å²) in [5.74, 6) is -1.57. The Labute approximate surface area is 219 Å². The molecule has 11 nitrogen and oxygen atoms in total. The number of nitrogens with two attached hydrogens (primary N) is 1. The van der Waals surface area contributed by atoms with Crippen LogP contribution in [0, 0.1) is 18.3 Å². The quantitative estimate of drug-likeness (QED) is 0.297. The minimum atomic E-state index is -4.13. The maximum absolute atomic E-state index is 13.6. The van der Waals surface area contributed by atoms with Crippen molar-refractivity contribution in [3.8, 4) is 6.07 Å². The minimum absolute atomic E-state index is 0.0650. The Morgan fingerprint density at radius 1 is 1.16 bits per heavy atom. The second-order valence-electron chi connectivity index (χ2n) is 8.22. The molecule has 13 heteroatoms. The number of benzene rings is 1. The van der Waals surface area contributed by atoms with Gasteiger partial charge in [0.25, 0.3) is 21.5 Å². The average Bonchev–Trinajstić information content (AvgIpc) is 3.66. The molecule has 0 spiro atoms. The van der Waals surface area contributed by atoms with Crippen LogP contribution in [0.1, 0.15) is 23.0 Å². The summed E-state index contributed by atoms with van der Waals surface area (Å²) in [6.07, 6.45) is 4.29. The molecule has 5 rings (SSSR count). The van der Waals surface area contributed by atoms with Crippen LogP contribution < -0.4 is 30.7 Å². The summed E-state index contributed by atoms with van der Waals surface area (Å²) in [5, 5.41) is 9.97. The first kappa shape index (κ1) is 25.0. The van der Waals surface area contributed by atoms with Crippen molar-refractivity contribution in [1.82, 2.24) is 14.8 Å². The molecule has 0 saturated carbocycles. The Bertz CT molecular complexity index is 1890. The molecular formula is C25H19N5O6S2. The van der Waals surface area contributed by atoms with E-state index in [0.29, 0.717) is 5.76 Å². The molecule has 0 radical (unpaired) electrons. The zero-order chi connectivity index (χ0) is 27.0. The van der Waals surface area contributed by atoms with E-state index in [4.69, 9.17) is 14.6 Å². The van der Waals surface area contributed by atoms with E-state index in [1.165, 1.54) is 30.7 Å². The third-order valence-corrected chi connectivity index (χ3v) is 8.16. The SMILES string of the molecule is Cc1ccc(S(=O)(=O)NNC(=O)C2=c3s/c(=C\c4ccco4)c(=O)n3C(N)=C(C#N)C2c2ccco2)cc1. The first-order valence-electron chi connectivity index (χ1n) is 11.0. The molecule has 3 aromatic heterocycles. The minimum Gasteiger partial charge on any atom is -0.468 e. The first-order chi connectivity index (χ1) is 18.2. The summed E-state index contributed by atoms with van der Waals surface area (Å²) in [7, 11) is -4.13. The van der Waals surface area contributed by atoms with Gasteiger partial charge in [0.1, 0.15) is 22.0 Å². The number of thiazole rings is 1. The number of aryl methyl sites for hydroxylation is 1. The third-order valence-electron chi connectivity index (χ3n) is 5.79. The Kier molecular flexibility index (Phi) is 6.37. The van der Waals surface area contributed by atoms with Crippen LogP contribution in [-0.2, 0) is 14.8 Å². The van der Waals surface area contributed by atoms with Gasteiger partial charge in [-0.25, -0.2) is 8.42 Å². The van der Waals surface area contributed by atoms with Crippen LogP contribution in [0.4, 0.5) is 0 Å². The molecule has 4 heterocycles. The van der Waals surface area contributed by atoms with Crippen molar-refractivity contribution in [3.05, 3.63) is 103 Å². The number of amides is 1. The van der Waals surface area contributed by atoms with Gasteiger partial charge in [-0.05, 0) is 43.3 Å². The number of hydrogen-bond donors (Lipinski definition) is 3. The molecule has 1 unspecified atom stereocenters. The highest BCUT2D eigenvalue weighted by atomic mass is 32.2. The van der Waals surface area contributed by atoms with E-state index in [9.17, 15) is 23.3 Å². The molecule has 0 aliphatic carbocycles. The number of fused-ring (bicyclic) bond motifs is 1. The number of carbonyl (C=O) groups excluding carboxylic acids is 1. The van der Waals surface area contributed by atoms with Crippen molar-refractivity contribution in [3.63, 3.8) is 0 Å². The number of carbonyl (C=O) groups is 1. The summed E-state index contributed by atoms with van der Waals surface area (Å²) in [6.45, 7) is 1.81. The molecule has 1 aliphatic rings. The van der Waals surface area contributed by atoms with Gasteiger partial charge in [-0.1, -0.05) is 17.7 Å². The molecule has 4 N–H and O–H groups in total. The average molecular weight is 550 g/mol. The summed E-state index contributed by atoms with van der Waals surface area (Å²) in [5.41, 5.74) is 8.56. The predicted molar refractivity (Wildman–Crippen MR) is 138 cm³/mol. The fourth-order valence-electron chi connectivity index (χ4n) is 3.97. The number of nitriles is 1. The molecule has 0 bridgehead atoms. The Morgan fingerprint density at radius 2 is 1.87 bits per heavy atom. The van der Waals surface area contributed by atoms with Crippen LogP contribution in [0.2, 0.25) is 0 Å². The van der Waals surface area contributed by atoms with Crippen LogP contribution in [0.15, 0.2) is 85.2 Å². The molecule has 1 atom stereocenters. The lowest BCUT2D eigenvalue weighted by Gasteiger charge is -2.23. The summed E-state index contributed by atoms with van der Waals surface area (Å²) in [6, 6.07) is 14.4. The van der Waals surface area contributed by atoms with Gasteiger partial charge in [0.15, 0.2) is 0 Å². The zero-order valence-corrected chi connectivity index (χ0v) is 21.3. The lowest BCUT2D eigenvalue weighted by molar-refractivity contribution is -0.116. The molecular weight excluding hydrogens is 530 g/mol. The Balaban J connectivity index is 1.67. The van der Waals surface area contributed by atoms with Crippen molar-refractivity contribution in [2.75, 3.05) is 0 Å². The third kappa shape index (κ3) is 4.37. The van der Waals surface area contributed by atoms with E-state index in [0.717, 1.165) is 21.5 Å². The van der Waals surface area contributed by atoms with E-state index >= 15 is 0 Å². The number of aromatic nitrogens is 1. The summed E-state index contributed by atoms with van der Waals surface area (Å²) >= 11 is 0.940. The van der Waals surface area contributed by atoms with Gasteiger partial charge >= 0.3 is 0 Å². The van der Waals surface area contributed by atoms with Crippen molar-refractivity contribution < 1.29 is 22.0 Å². The maximum Gasteiger partial charge on any atom is 0.274 e.